The van der Waals surface area contributed by atoms with Gasteiger partial charge >= 0.3 is 23.9 Å². The van der Waals surface area contributed by atoms with Crippen LogP contribution in [0.3, 0.4) is 0 Å². The molecule has 9 rings (SSSR count). The first-order valence-electron chi connectivity index (χ1n) is 30.7. The molecule has 7 aromatic rings. The van der Waals surface area contributed by atoms with Crippen LogP contribution in [0.1, 0.15) is 127 Å². The van der Waals surface area contributed by atoms with Crippen molar-refractivity contribution < 1.29 is 77.3 Å². The fourth-order valence-electron chi connectivity index (χ4n) is 8.46. The number of phenolic OH excluding ortho intramolecular Hbond substituents is 1. The van der Waals surface area contributed by atoms with Gasteiger partial charge in [-0.1, -0.05) is 6.07 Å². The molecule has 0 saturated carbocycles. The number of aliphatic hydroxyl groups excluding tert-OH is 1. The second-order valence-corrected chi connectivity index (χ2v) is 20.6. The Kier molecular flexibility index (Phi) is 40.8. The number of amides is 2. The highest BCUT2D eigenvalue weighted by atomic mass is 79.9. The zero-order chi connectivity index (χ0) is 77.2. The number of aromatic carboxylic acids is 1. The summed E-state index contributed by atoms with van der Waals surface area (Å²) in [6.07, 6.45) is 24.1. The number of nitriles is 5. The van der Waals surface area contributed by atoms with Gasteiger partial charge in [0.15, 0.2) is 29.1 Å². The van der Waals surface area contributed by atoms with Crippen molar-refractivity contribution in [2.45, 2.75) is 63.5 Å². The highest BCUT2D eigenvalue weighted by Crippen LogP contribution is 2.27. The Morgan fingerprint density at radius 1 is 0.600 bits per heavy atom. The van der Waals surface area contributed by atoms with Crippen molar-refractivity contribution >= 4 is 64.0 Å². The minimum atomic E-state index is -1.11. The molecular formula is C68H67BrN20O16. The molecule has 2 atom stereocenters. The number of aldehydes is 1. The average molecular weight is 1500 g/mol. The fourth-order valence-corrected chi connectivity index (χ4v) is 8.85. The van der Waals surface area contributed by atoms with E-state index in [4.69, 9.17) is 52.2 Å². The van der Waals surface area contributed by atoms with E-state index in [1.807, 2.05) is 24.3 Å². The van der Waals surface area contributed by atoms with Crippen LogP contribution in [0, 0.1) is 63.2 Å². The lowest BCUT2D eigenvalue weighted by molar-refractivity contribution is -0.0187. The molecule has 0 unspecified atom stereocenters. The van der Waals surface area contributed by atoms with Crippen molar-refractivity contribution in [1.82, 2.24) is 69.6 Å². The van der Waals surface area contributed by atoms with Crippen LogP contribution in [0.2, 0.25) is 0 Å². The van der Waals surface area contributed by atoms with Gasteiger partial charge in [-0.2, -0.15) is 26.3 Å². The number of allylic oxidation sites excluding steroid dienone is 1. The SMILES string of the molecule is COC(=O)c1nccnc1/C=C/C#N.COC(=O)c1nccnc1Br.COC(=O)c1nccnc1CCC#N.N#CCCc1nccnc1C(=O)N1CCOC[C@H]1CO.N#CCCc1nccnc1C(=O)N1CCOC[C@H]1COc1cccc(O)c1C=O.N#CCCc1nccnc1C(=O)O.[C-]#[N+]C=C. The number of esters is 3. The summed E-state index contributed by atoms with van der Waals surface area (Å²) in [5, 5.41) is 70.3. The van der Waals surface area contributed by atoms with Crippen molar-refractivity contribution in [2.24, 2.45) is 0 Å². The number of phenols is 1. The van der Waals surface area contributed by atoms with Crippen molar-refractivity contribution in [2.75, 3.05) is 74.1 Å². The summed E-state index contributed by atoms with van der Waals surface area (Å²) < 4.78 is 30.3. The standard InChI is InChI=1S/C20H20N4O5.C13H16N4O3.C9H9N3O2.C9H7N3O2.C8H7N3O2.C6H5BrN2O2.C3H3N/c21-6-2-3-16-19(23-8-7-22-16)20(27)24-9-10-28-12-14(24)13-29-18-5-1-4-17(26)15(18)11-25;14-3-1-2-11-12(16-5-4-15-11)13(19)17-6-7-20-9-10(17)8-18;2*1-14-9(13)8-7(3-2-4-10)11-5-6-12-8;9-3-1-2-6-7(8(12)13)11-5-4-10-6;1-11-6(10)4-5(7)9-3-2-8-4;1-3-4-2/h1,4-5,7-8,11,14,26H,2-3,9-10,12-13H2;4-5,10,18H,1-2,6-9H2;5-6H,2-3H2,1H3;2-3,5-6H,1H3;4-5H,1-2H2,(H,12,13);2-3H,1H3;3H,1H2/b;;;3-2+;;;/t14-;10-;;;;;/m01...../s1. The Morgan fingerprint density at radius 2 is 0.990 bits per heavy atom. The van der Waals surface area contributed by atoms with Crippen LogP contribution in [0.15, 0.2) is 116 Å². The average Bonchev–Trinajstić information content (AvgIpc) is 0.820. The summed E-state index contributed by atoms with van der Waals surface area (Å²) in [6.45, 7) is 11.2. The second-order valence-electron chi connectivity index (χ2n) is 19.8. The summed E-state index contributed by atoms with van der Waals surface area (Å²) in [5.41, 5.74) is 3.08. The largest absolute Gasteiger partial charge is 0.507 e. The third-order valence-electron chi connectivity index (χ3n) is 13.3. The van der Waals surface area contributed by atoms with Crippen LogP contribution in [-0.4, -0.2) is 213 Å². The summed E-state index contributed by atoms with van der Waals surface area (Å²) in [4.78, 5) is 134. The third-order valence-corrected chi connectivity index (χ3v) is 13.9. The van der Waals surface area contributed by atoms with E-state index in [-0.39, 0.29) is 108 Å². The van der Waals surface area contributed by atoms with Crippen LogP contribution < -0.4 is 4.74 Å². The number of aliphatic hydroxyl groups is 1. The molecule has 37 heteroatoms. The normalized spacial score (nSPS) is 12.8. The van der Waals surface area contributed by atoms with E-state index in [0.29, 0.717) is 104 Å². The highest BCUT2D eigenvalue weighted by Gasteiger charge is 2.32. The first kappa shape index (κ1) is 85.8. The van der Waals surface area contributed by atoms with Crippen molar-refractivity contribution in [3.05, 3.63) is 196 Å². The number of halogens is 1. The molecular weight excluding hydrogens is 1430 g/mol. The number of carbonyl (C=O) groups is 7. The number of carbonyl (C=O) groups excluding carboxylic acids is 6. The summed E-state index contributed by atoms with van der Waals surface area (Å²) in [7, 11) is 3.84. The van der Waals surface area contributed by atoms with Gasteiger partial charge in [-0.15, -0.1) is 6.58 Å². The molecule has 2 saturated heterocycles. The van der Waals surface area contributed by atoms with Gasteiger partial charge in [0.05, 0.1) is 137 Å². The lowest BCUT2D eigenvalue weighted by atomic mass is 10.1. The van der Waals surface area contributed by atoms with Gasteiger partial charge in [0.1, 0.15) is 40.3 Å². The highest BCUT2D eigenvalue weighted by molar-refractivity contribution is 9.10. The van der Waals surface area contributed by atoms with Gasteiger partial charge < -0.3 is 53.5 Å². The Balaban J connectivity index is 0.000000335. The number of carboxylic acids is 1. The van der Waals surface area contributed by atoms with Gasteiger partial charge in [0.25, 0.3) is 11.8 Å². The maximum absolute atomic E-state index is 13.1. The summed E-state index contributed by atoms with van der Waals surface area (Å²) >= 11 is 3.06. The third kappa shape index (κ3) is 29.0. The number of morpholine rings is 2. The zero-order valence-corrected chi connectivity index (χ0v) is 58.2. The van der Waals surface area contributed by atoms with E-state index in [2.05, 4.69) is 101 Å². The van der Waals surface area contributed by atoms with E-state index in [0.717, 1.165) is 0 Å². The molecule has 0 radical (unpaired) electrons. The molecule has 1 aromatic carbocycles. The number of hydrogen-bond acceptors (Lipinski definition) is 32. The Labute approximate surface area is 609 Å². The number of methoxy groups -OCH3 is 3. The number of ether oxygens (including phenoxy) is 6. The molecule has 0 spiro atoms. The summed E-state index contributed by atoms with van der Waals surface area (Å²) in [6, 6.07) is 13.5. The maximum atomic E-state index is 13.1. The van der Waals surface area contributed by atoms with Crippen LogP contribution in [0.5, 0.6) is 11.5 Å². The quantitative estimate of drug-likeness (QED) is 0.0284. The molecule has 2 amide bonds. The van der Waals surface area contributed by atoms with Crippen molar-refractivity contribution in [3.63, 3.8) is 0 Å². The number of aromatic nitrogens is 12. The molecule has 2 aliphatic heterocycles. The molecule has 542 valence electrons. The number of rotatable bonds is 20. The van der Waals surface area contributed by atoms with E-state index in [9.17, 15) is 43.8 Å². The second kappa shape index (κ2) is 50.0. The first-order chi connectivity index (χ1) is 50.9. The number of nitrogens with zero attached hydrogens (tertiary/aromatic N) is 20. The molecule has 0 aliphatic carbocycles. The van der Waals surface area contributed by atoms with E-state index >= 15 is 0 Å². The molecule has 2 fully saturated rings. The van der Waals surface area contributed by atoms with Crippen molar-refractivity contribution in [3.8, 4) is 41.8 Å². The van der Waals surface area contributed by atoms with Crippen molar-refractivity contribution in [1.29, 1.82) is 26.3 Å². The molecule has 36 nitrogen and oxygen atoms in total. The first-order valence-corrected chi connectivity index (χ1v) is 31.5. The maximum Gasteiger partial charge on any atom is 0.359 e. The van der Waals surface area contributed by atoms with Crippen LogP contribution in [-0.2, 0) is 49.4 Å². The molecule has 105 heavy (non-hydrogen) atoms. The Bertz CT molecular complexity index is 4340. The fraction of sp³-hybridized carbons (Fsp3) is 0.309. The van der Waals surface area contributed by atoms with Gasteiger partial charge in [-0.05, 0) is 34.1 Å². The molecule has 8 heterocycles. The van der Waals surface area contributed by atoms with Gasteiger partial charge in [0, 0.05) is 145 Å². The predicted molar refractivity (Wildman–Crippen MR) is 365 cm³/mol. The van der Waals surface area contributed by atoms with E-state index < -0.39 is 29.9 Å². The smallest absolute Gasteiger partial charge is 0.359 e. The lowest BCUT2D eigenvalue weighted by Crippen LogP contribution is -2.51. The Hall–Kier alpha value is -13.4. The molecule has 6 aromatic heterocycles. The Morgan fingerprint density at radius 3 is 1.43 bits per heavy atom. The number of aromatic hydroxyl groups is 1. The summed E-state index contributed by atoms with van der Waals surface area (Å²) in [5.74, 6) is -3.23. The van der Waals surface area contributed by atoms with Gasteiger partial charge in [0.2, 0.25) is 0 Å². The molecule has 3 N–H and O–H groups in total. The van der Waals surface area contributed by atoms with E-state index in [1.165, 1.54) is 120 Å². The lowest BCUT2D eigenvalue weighted by Gasteiger charge is -2.35. The number of hydrogen-bond donors (Lipinski definition) is 3. The minimum absolute atomic E-state index is 0.0508. The van der Waals surface area contributed by atoms with Crippen LogP contribution in [0.25, 0.3) is 10.9 Å². The zero-order valence-electron chi connectivity index (χ0n) is 56.6. The topological polar surface area (TPSA) is 520 Å². The number of carboxylic acid groups (broad SMARTS) is 1. The van der Waals surface area contributed by atoms with Crippen LogP contribution >= 0.6 is 15.9 Å². The monoisotopic (exact) mass is 1500 g/mol. The van der Waals surface area contributed by atoms with Gasteiger partial charge in [-0.3, -0.25) is 39.3 Å². The number of aryl methyl sites for hydroxylation is 4. The molecule has 0 bridgehead atoms. The van der Waals surface area contributed by atoms with Crippen LogP contribution in [0.4, 0.5) is 0 Å². The predicted octanol–water partition coefficient (Wildman–Crippen LogP) is 5.36. The van der Waals surface area contributed by atoms with Gasteiger partial charge in [-0.25, -0.2) is 58.9 Å². The number of benzene rings is 1. The van der Waals surface area contributed by atoms with E-state index in [1.54, 1.807) is 28.0 Å². The molecule has 2 aliphatic rings. The minimum Gasteiger partial charge on any atom is -0.507 e.